The van der Waals surface area contributed by atoms with Crippen molar-refractivity contribution in [2.24, 2.45) is 0 Å². The Labute approximate surface area is 167 Å². The molecule has 0 fully saturated rings. The van der Waals surface area contributed by atoms with Crippen molar-refractivity contribution in [1.82, 2.24) is 4.98 Å². The lowest BCUT2D eigenvalue weighted by atomic mass is 10.1. The van der Waals surface area contributed by atoms with Crippen LogP contribution in [0.25, 0.3) is 10.2 Å². The predicted molar refractivity (Wildman–Crippen MR) is 110 cm³/mol. The highest BCUT2D eigenvalue weighted by atomic mass is 32.1. The Morgan fingerprint density at radius 3 is 2.71 bits per heavy atom. The van der Waals surface area contributed by atoms with Gasteiger partial charge in [0.2, 0.25) is 0 Å². The summed E-state index contributed by atoms with van der Waals surface area (Å²) in [5.41, 5.74) is 3.28. The lowest BCUT2D eigenvalue weighted by Crippen LogP contribution is -2.20. The summed E-state index contributed by atoms with van der Waals surface area (Å²) in [6.45, 7) is 7.45. The first kappa shape index (κ1) is 19.8. The second-order valence-electron chi connectivity index (χ2n) is 6.69. The van der Waals surface area contributed by atoms with E-state index in [1.54, 1.807) is 32.0 Å². The highest BCUT2D eigenvalue weighted by Gasteiger charge is 2.13. The van der Waals surface area contributed by atoms with Gasteiger partial charge in [0.1, 0.15) is 5.75 Å². The summed E-state index contributed by atoms with van der Waals surface area (Å²) in [4.78, 5) is 28.6. The van der Waals surface area contributed by atoms with Crippen LogP contribution in [0.4, 0.5) is 5.13 Å². The molecule has 7 heteroatoms. The summed E-state index contributed by atoms with van der Waals surface area (Å²) < 4.78 is 11.6. The van der Waals surface area contributed by atoms with Gasteiger partial charge in [-0.1, -0.05) is 23.5 Å². The zero-order valence-corrected chi connectivity index (χ0v) is 17.1. The van der Waals surface area contributed by atoms with Crippen LogP contribution in [0.15, 0.2) is 36.4 Å². The molecule has 0 aliphatic carbocycles. The molecule has 0 unspecified atom stereocenters. The van der Waals surface area contributed by atoms with Gasteiger partial charge in [-0.15, -0.1) is 0 Å². The fourth-order valence-corrected chi connectivity index (χ4v) is 3.49. The van der Waals surface area contributed by atoms with E-state index in [1.807, 2.05) is 32.0 Å². The molecule has 0 aliphatic heterocycles. The smallest absolute Gasteiger partial charge is 0.338 e. The minimum Gasteiger partial charge on any atom is -0.483 e. The zero-order chi connectivity index (χ0) is 20.3. The number of ether oxygens (including phenoxy) is 2. The Balaban J connectivity index is 1.66. The molecule has 146 valence electrons. The quantitative estimate of drug-likeness (QED) is 0.619. The molecule has 1 heterocycles. The molecule has 1 amide bonds. The minimum atomic E-state index is -0.377. The van der Waals surface area contributed by atoms with E-state index in [1.165, 1.54) is 11.3 Å². The Hall–Kier alpha value is -2.93. The van der Waals surface area contributed by atoms with Crippen molar-refractivity contribution < 1.29 is 19.1 Å². The van der Waals surface area contributed by atoms with Crippen LogP contribution in [0.2, 0.25) is 0 Å². The van der Waals surface area contributed by atoms with Crippen molar-refractivity contribution in [3.8, 4) is 5.75 Å². The summed E-state index contributed by atoms with van der Waals surface area (Å²) in [6, 6.07) is 10.9. The summed E-state index contributed by atoms with van der Waals surface area (Å²) in [5.74, 6) is 0.0185. The third kappa shape index (κ3) is 4.67. The molecule has 0 aliphatic rings. The van der Waals surface area contributed by atoms with Gasteiger partial charge >= 0.3 is 5.97 Å². The van der Waals surface area contributed by atoms with Crippen LogP contribution in [0.3, 0.4) is 0 Å². The SMILES string of the molecule is Cc1cccc(OCC(=O)Nc2nc3ccc(C(=O)OC(C)C)cc3s2)c1C. The average molecular weight is 398 g/mol. The third-order valence-electron chi connectivity index (χ3n) is 4.13. The second kappa shape index (κ2) is 8.39. The number of carbonyl (C=O) groups is 2. The molecule has 3 rings (SSSR count). The van der Waals surface area contributed by atoms with E-state index in [0.717, 1.165) is 15.8 Å². The van der Waals surface area contributed by atoms with Gasteiger partial charge in [-0.25, -0.2) is 9.78 Å². The number of rotatable bonds is 6. The minimum absolute atomic E-state index is 0.105. The van der Waals surface area contributed by atoms with Gasteiger partial charge in [0.25, 0.3) is 5.91 Å². The van der Waals surface area contributed by atoms with Crippen LogP contribution < -0.4 is 10.1 Å². The number of aryl methyl sites for hydroxylation is 1. The fraction of sp³-hybridized carbons (Fsp3) is 0.286. The van der Waals surface area contributed by atoms with Crippen molar-refractivity contribution in [1.29, 1.82) is 0 Å². The van der Waals surface area contributed by atoms with Crippen molar-refractivity contribution in [3.05, 3.63) is 53.1 Å². The second-order valence-corrected chi connectivity index (χ2v) is 7.72. The maximum atomic E-state index is 12.2. The number of aromatic nitrogens is 1. The fourth-order valence-electron chi connectivity index (χ4n) is 2.57. The van der Waals surface area contributed by atoms with E-state index >= 15 is 0 Å². The molecule has 0 atom stereocenters. The van der Waals surface area contributed by atoms with Gasteiger partial charge in [0.15, 0.2) is 11.7 Å². The number of esters is 1. The predicted octanol–water partition coefficient (Wildman–Crippen LogP) is 4.50. The van der Waals surface area contributed by atoms with E-state index < -0.39 is 0 Å². The average Bonchev–Trinajstić information content (AvgIpc) is 3.03. The van der Waals surface area contributed by atoms with Gasteiger partial charge in [-0.2, -0.15) is 0 Å². The van der Waals surface area contributed by atoms with Crippen LogP contribution >= 0.6 is 11.3 Å². The molecular formula is C21H22N2O4S. The van der Waals surface area contributed by atoms with Crippen molar-refractivity contribution in [2.45, 2.75) is 33.8 Å². The monoisotopic (exact) mass is 398 g/mol. The summed E-state index contributed by atoms with van der Waals surface area (Å²) >= 11 is 1.30. The number of fused-ring (bicyclic) bond motifs is 1. The van der Waals surface area contributed by atoms with E-state index in [2.05, 4.69) is 10.3 Å². The van der Waals surface area contributed by atoms with E-state index in [9.17, 15) is 9.59 Å². The van der Waals surface area contributed by atoms with Gasteiger partial charge < -0.3 is 9.47 Å². The first-order valence-electron chi connectivity index (χ1n) is 8.94. The Bertz CT molecular complexity index is 1030. The van der Waals surface area contributed by atoms with Gasteiger partial charge in [0.05, 0.1) is 21.9 Å². The number of thiazole rings is 1. The molecule has 2 aromatic carbocycles. The Morgan fingerprint density at radius 1 is 1.18 bits per heavy atom. The van der Waals surface area contributed by atoms with Gasteiger partial charge in [-0.05, 0) is 63.1 Å². The first-order chi connectivity index (χ1) is 13.3. The lowest BCUT2D eigenvalue weighted by Gasteiger charge is -2.10. The highest BCUT2D eigenvalue weighted by molar-refractivity contribution is 7.22. The normalized spacial score (nSPS) is 10.9. The zero-order valence-electron chi connectivity index (χ0n) is 16.2. The molecule has 0 radical (unpaired) electrons. The van der Waals surface area contributed by atoms with Gasteiger partial charge in [-0.3, -0.25) is 10.1 Å². The summed E-state index contributed by atoms with van der Waals surface area (Å²) in [5, 5.41) is 3.20. The number of hydrogen-bond donors (Lipinski definition) is 1. The lowest BCUT2D eigenvalue weighted by molar-refractivity contribution is -0.118. The van der Waals surface area contributed by atoms with Crippen LogP contribution in [0.5, 0.6) is 5.75 Å². The number of benzene rings is 2. The maximum Gasteiger partial charge on any atom is 0.338 e. The largest absolute Gasteiger partial charge is 0.483 e. The number of nitrogens with one attached hydrogen (secondary N) is 1. The topological polar surface area (TPSA) is 77.5 Å². The van der Waals surface area contributed by atoms with Crippen LogP contribution in [0, 0.1) is 13.8 Å². The molecule has 1 N–H and O–H groups in total. The molecule has 0 bridgehead atoms. The standard InChI is InChI=1S/C21H22N2O4S/c1-12(2)27-20(25)15-8-9-16-18(10-15)28-21(22-16)23-19(24)11-26-17-7-5-6-13(3)14(17)4/h5-10,12H,11H2,1-4H3,(H,22,23,24). The number of nitrogens with zero attached hydrogens (tertiary/aromatic N) is 1. The Kier molecular flexibility index (Phi) is 5.94. The van der Waals surface area contributed by atoms with Crippen molar-refractivity contribution in [3.63, 3.8) is 0 Å². The third-order valence-corrected chi connectivity index (χ3v) is 5.06. The number of anilines is 1. The van der Waals surface area contributed by atoms with Crippen LogP contribution in [-0.4, -0.2) is 29.6 Å². The van der Waals surface area contributed by atoms with Gasteiger partial charge in [0, 0.05) is 0 Å². The molecule has 0 saturated carbocycles. The molecule has 0 saturated heterocycles. The molecule has 0 spiro atoms. The van der Waals surface area contributed by atoms with E-state index in [-0.39, 0.29) is 24.6 Å². The Morgan fingerprint density at radius 2 is 1.96 bits per heavy atom. The van der Waals surface area contributed by atoms with E-state index in [4.69, 9.17) is 9.47 Å². The number of amides is 1. The number of hydrogen-bond acceptors (Lipinski definition) is 6. The number of carbonyl (C=O) groups excluding carboxylic acids is 2. The van der Waals surface area contributed by atoms with Crippen LogP contribution in [-0.2, 0) is 9.53 Å². The molecular weight excluding hydrogens is 376 g/mol. The van der Waals surface area contributed by atoms with Crippen molar-refractivity contribution in [2.75, 3.05) is 11.9 Å². The highest BCUT2D eigenvalue weighted by Crippen LogP contribution is 2.27. The van der Waals surface area contributed by atoms with E-state index in [0.29, 0.717) is 22.0 Å². The first-order valence-corrected chi connectivity index (χ1v) is 9.75. The molecule has 28 heavy (non-hydrogen) atoms. The van der Waals surface area contributed by atoms with Crippen molar-refractivity contribution >= 4 is 38.6 Å². The molecule has 3 aromatic rings. The molecule has 1 aromatic heterocycles. The summed E-state index contributed by atoms with van der Waals surface area (Å²) in [6.07, 6.45) is -0.184. The van der Waals surface area contributed by atoms with Crippen LogP contribution in [0.1, 0.15) is 35.3 Å². The maximum absolute atomic E-state index is 12.2. The summed E-state index contributed by atoms with van der Waals surface area (Å²) in [7, 11) is 0. The molecule has 6 nitrogen and oxygen atoms in total.